The second kappa shape index (κ2) is 12.2. The molecule has 30 heavy (non-hydrogen) atoms. The highest BCUT2D eigenvalue weighted by Gasteiger charge is 2.16. The van der Waals surface area contributed by atoms with Crippen LogP contribution >= 0.6 is 0 Å². The molecule has 0 atom stereocenters. The molecule has 0 saturated heterocycles. The summed E-state index contributed by atoms with van der Waals surface area (Å²) >= 11 is 0. The fourth-order valence-corrected chi connectivity index (χ4v) is 2.80. The van der Waals surface area contributed by atoms with Gasteiger partial charge >= 0.3 is 6.61 Å². The van der Waals surface area contributed by atoms with E-state index in [-0.39, 0.29) is 43.4 Å². The quantitative estimate of drug-likeness (QED) is 0.607. The van der Waals surface area contributed by atoms with Crippen molar-refractivity contribution in [3.05, 3.63) is 60.2 Å². The topological polar surface area (TPSA) is 82.4 Å². The van der Waals surface area contributed by atoms with Gasteiger partial charge in [-0.1, -0.05) is 30.3 Å². The summed E-state index contributed by atoms with van der Waals surface area (Å²) in [6.45, 7) is -2.24. The molecule has 6 nitrogen and oxygen atoms in total. The lowest BCUT2D eigenvalue weighted by Gasteiger charge is -2.21. The fourth-order valence-electron chi connectivity index (χ4n) is 2.80. The van der Waals surface area contributed by atoms with E-state index in [1.165, 1.54) is 17.0 Å². The summed E-state index contributed by atoms with van der Waals surface area (Å²) in [5.41, 5.74) is 1.55. The number of hydrogen-bond donors (Lipinski definition) is 1. The maximum Gasteiger partial charge on any atom is 0.387 e. The number of carbonyl (C=O) groups is 2. The number of alkyl halides is 2. The molecule has 2 aromatic rings. The average Bonchev–Trinajstić information content (AvgIpc) is 2.74. The number of nitrogens with zero attached hydrogens (tertiary/aromatic N) is 2. The zero-order chi connectivity index (χ0) is 21.8. The van der Waals surface area contributed by atoms with Crippen LogP contribution in [0.15, 0.2) is 54.6 Å². The van der Waals surface area contributed by atoms with Crippen molar-refractivity contribution in [2.45, 2.75) is 32.3 Å². The molecule has 8 heteroatoms. The molecule has 0 bridgehead atoms. The predicted molar refractivity (Wildman–Crippen MR) is 108 cm³/mol. The molecule has 0 saturated carbocycles. The standard InChI is InChI=1S/C22H23F2N3O3/c23-22(24)30-19-9-7-17(8-10-19)13-15-26-20(28)11-12-21(29)27(16-4-14-25)18-5-2-1-3-6-18/h1-3,5-10,22H,4,11-13,15-16H2,(H,26,28). The molecule has 2 rings (SSSR count). The summed E-state index contributed by atoms with van der Waals surface area (Å²) in [5.74, 6) is -0.397. The van der Waals surface area contributed by atoms with E-state index < -0.39 is 6.61 Å². The number of rotatable bonds is 11. The minimum atomic E-state index is -2.87. The highest BCUT2D eigenvalue weighted by molar-refractivity contribution is 5.95. The van der Waals surface area contributed by atoms with Crippen LogP contribution in [-0.4, -0.2) is 31.5 Å². The van der Waals surface area contributed by atoms with Crippen molar-refractivity contribution >= 4 is 17.5 Å². The van der Waals surface area contributed by atoms with Gasteiger partial charge in [0, 0.05) is 31.6 Å². The Bertz CT molecular complexity index is 852. The number of para-hydroxylation sites is 1. The third-order valence-corrected chi connectivity index (χ3v) is 4.27. The Hall–Kier alpha value is -3.47. The number of halogens is 2. The summed E-state index contributed by atoms with van der Waals surface area (Å²) in [5, 5.41) is 11.6. The van der Waals surface area contributed by atoms with Crippen molar-refractivity contribution in [3.63, 3.8) is 0 Å². The first-order valence-electron chi connectivity index (χ1n) is 9.52. The fraction of sp³-hybridized carbons (Fsp3) is 0.318. The Kier molecular flexibility index (Phi) is 9.25. The number of amides is 2. The van der Waals surface area contributed by atoms with Crippen molar-refractivity contribution in [1.29, 1.82) is 5.26 Å². The number of hydrogen-bond acceptors (Lipinski definition) is 4. The highest BCUT2D eigenvalue weighted by Crippen LogP contribution is 2.16. The van der Waals surface area contributed by atoms with Crippen LogP contribution in [0.25, 0.3) is 0 Å². The highest BCUT2D eigenvalue weighted by atomic mass is 19.3. The van der Waals surface area contributed by atoms with E-state index in [0.29, 0.717) is 18.7 Å². The zero-order valence-corrected chi connectivity index (χ0v) is 16.4. The molecular weight excluding hydrogens is 392 g/mol. The smallest absolute Gasteiger partial charge is 0.387 e. The number of carbonyl (C=O) groups excluding carboxylic acids is 2. The Morgan fingerprint density at radius 3 is 2.40 bits per heavy atom. The Labute approximate surface area is 174 Å². The first kappa shape index (κ1) is 22.8. The molecule has 0 radical (unpaired) electrons. The minimum absolute atomic E-state index is 0.0336. The van der Waals surface area contributed by atoms with Crippen LogP contribution in [0.1, 0.15) is 24.8 Å². The second-order valence-corrected chi connectivity index (χ2v) is 6.41. The van der Waals surface area contributed by atoms with Crippen LogP contribution in [0.3, 0.4) is 0 Å². The molecule has 0 aromatic heterocycles. The van der Waals surface area contributed by atoms with E-state index in [9.17, 15) is 18.4 Å². The summed E-state index contributed by atoms with van der Waals surface area (Å²) in [4.78, 5) is 26.1. The van der Waals surface area contributed by atoms with Gasteiger partial charge in [-0.2, -0.15) is 14.0 Å². The SMILES string of the molecule is N#CCCN(C(=O)CCC(=O)NCCc1ccc(OC(F)F)cc1)c1ccccc1. The molecular formula is C22H23F2N3O3. The summed E-state index contributed by atoms with van der Waals surface area (Å²) in [6, 6.07) is 17.2. The zero-order valence-electron chi connectivity index (χ0n) is 16.4. The Morgan fingerprint density at radius 2 is 1.77 bits per heavy atom. The molecule has 2 amide bonds. The van der Waals surface area contributed by atoms with Gasteiger partial charge in [-0.05, 0) is 36.2 Å². The molecule has 0 spiro atoms. The van der Waals surface area contributed by atoms with Crippen LogP contribution in [-0.2, 0) is 16.0 Å². The van der Waals surface area contributed by atoms with Gasteiger partial charge in [0.25, 0.3) is 0 Å². The lowest BCUT2D eigenvalue weighted by Crippen LogP contribution is -2.33. The van der Waals surface area contributed by atoms with Gasteiger partial charge in [0.15, 0.2) is 0 Å². The van der Waals surface area contributed by atoms with Crippen LogP contribution in [0.2, 0.25) is 0 Å². The van der Waals surface area contributed by atoms with Gasteiger partial charge < -0.3 is 15.0 Å². The van der Waals surface area contributed by atoms with Crippen LogP contribution in [0.4, 0.5) is 14.5 Å². The molecule has 0 aliphatic rings. The number of ether oxygens (including phenoxy) is 1. The monoisotopic (exact) mass is 415 g/mol. The molecule has 2 aromatic carbocycles. The van der Waals surface area contributed by atoms with Crippen molar-refractivity contribution in [3.8, 4) is 11.8 Å². The number of benzene rings is 2. The van der Waals surface area contributed by atoms with Crippen molar-refractivity contribution in [2.24, 2.45) is 0 Å². The van der Waals surface area contributed by atoms with E-state index >= 15 is 0 Å². The van der Waals surface area contributed by atoms with Crippen LogP contribution < -0.4 is 15.0 Å². The largest absolute Gasteiger partial charge is 0.435 e. The summed E-state index contributed by atoms with van der Waals surface area (Å²) < 4.78 is 28.6. The van der Waals surface area contributed by atoms with Crippen molar-refractivity contribution in [2.75, 3.05) is 18.0 Å². The summed E-state index contributed by atoms with van der Waals surface area (Å²) in [6.07, 6.45) is 0.794. The Morgan fingerprint density at radius 1 is 1.07 bits per heavy atom. The van der Waals surface area contributed by atoms with Gasteiger partial charge in [0.05, 0.1) is 12.5 Å². The molecule has 0 unspecified atom stereocenters. The average molecular weight is 415 g/mol. The number of anilines is 1. The van der Waals surface area contributed by atoms with E-state index in [1.807, 2.05) is 12.1 Å². The maximum absolute atomic E-state index is 12.5. The van der Waals surface area contributed by atoms with Crippen LogP contribution in [0, 0.1) is 11.3 Å². The number of nitrogens with one attached hydrogen (secondary N) is 1. The van der Waals surface area contributed by atoms with Gasteiger partial charge in [0.1, 0.15) is 5.75 Å². The molecule has 0 aliphatic carbocycles. The predicted octanol–water partition coefficient (Wildman–Crippen LogP) is 3.67. The molecule has 158 valence electrons. The van der Waals surface area contributed by atoms with E-state index in [1.54, 1.807) is 36.4 Å². The van der Waals surface area contributed by atoms with Crippen LogP contribution in [0.5, 0.6) is 5.75 Å². The van der Waals surface area contributed by atoms with Gasteiger partial charge in [-0.25, -0.2) is 0 Å². The van der Waals surface area contributed by atoms with E-state index in [4.69, 9.17) is 5.26 Å². The molecule has 1 N–H and O–H groups in total. The first-order chi connectivity index (χ1) is 14.5. The number of nitriles is 1. The molecule has 0 fully saturated rings. The summed E-state index contributed by atoms with van der Waals surface area (Å²) in [7, 11) is 0. The minimum Gasteiger partial charge on any atom is -0.435 e. The lowest BCUT2D eigenvalue weighted by molar-refractivity contribution is -0.125. The van der Waals surface area contributed by atoms with Gasteiger partial charge in [-0.15, -0.1) is 0 Å². The maximum atomic E-state index is 12.5. The lowest BCUT2D eigenvalue weighted by atomic mass is 10.1. The van der Waals surface area contributed by atoms with E-state index in [2.05, 4.69) is 10.1 Å². The normalized spacial score (nSPS) is 10.3. The second-order valence-electron chi connectivity index (χ2n) is 6.41. The third kappa shape index (κ3) is 7.87. The van der Waals surface area contributed by atoms with Gasteiger partial charge in [-0.3, -0.25) is 9.59 Å². The third-order valence-electron chi connectivity index (χ3n) is 4.27. The van der Waals surface area contributed by atoms with E-state index in [0.717, 1.165) is 5.56 Å². The van der Waals surface area contributed by atoms with Crippen molar-refractivity contribution in [1.82, 2.24) is 5.32 Å². The molecule has 0 heterocycles. The molecule has 0 aliphatic heterocycles. The van der Waals surface area contributed by atoms with Gasteiger partial charge in [0.2, 0.25) is 11.8 Å². The first-order valence-corrected chi connectivity index (χ1v) is 9.52. The Balaban J connectivity index is 1.76. The van der Waals surface area contributed by atoms with Crippen molar-refractivity contribution < 1.29 is 23.1 Å².